The third-order valence-electron chi connectivity index (χ3n) is 8.97. The van der Waals surface area contributed by atoms with Gasteiger partial charge in [-0.1, -0.05) is 47.5 Å². The molecule has 3 aliphatic rings. The van der Waals surface area contributed by atoms with Gasteiger partial charge in [0.05, 0.1) is 10.0 Å². The van der Waals surface area contributed by atoms with E-state index in [4.69, 9.17) is 27.9 Å². The summed E-state index contributed by atoms with van der Waals surface area (Å²) >= 11 is 12.8. The van der Waals surface area contributed by atoms with E-state index in [0.29, 0.717) is 22.6 Å². The number of hydrogen-bond acceptors (Lipinski definition) is 5. The van der Waals surface area contributed by atoms with E-state index in [9.17, 15) is 9.59 Å². The monoisotopic (exact) mass is 614 g/mol. The molecule has 2 amide bonds. The number of amides is 2. The van der Waals surface area contributed by atoms with Crippen LogP contribution < -0.4 is 0 Å². The summed E-state index contributed by atoms with van der Waals surface area (Å²) in [6.07, 6.45) is 3.81. The third-order valence-corrected chi connectivity index (χ3v) is 9.71. The van der Waals surface area contributed by atoms with Crippen molar-refractivity contribution in [3.8, 4) is 0 Å². The number of piperazine rings is 1. The lowest BCUT2D eigenvalue weighted by molar-refractivity contribution is -0.0131. The van der Waals surface area contributed by atoms with Crippen molar-refractivity contribution in [2.75, 3.05) is 58.9 Å². The second kappa shape index (κ2) is 13.1. The highest BCUT2D eigenvalue weighted by Gasteiger charge is 2.40. The SMILES string of the molecule is CC(C)(C)OC(=O)N1CCN(C2CN(CCCC3(c4ccc(Cl)c(Cl)c4)CCCN(C(=O)c4ccccc4)C3)C2)CC1. The van der Waals surface area contributed by atoms with E-state index in [1.165, 1.54) is 5.56 Å². The molecule has 0 radical (unpaired) electrons. The van der Waals surface area contributed by atoms with Crippen LogP contribution in [-0.2, 0) is 10.2 Å². The van der Waals surface area contributed by atoms with Crippen molar-refractivity contribution in [3.63, 3.8) is 0 Å². The summed E-state index contributed by atoms with van der Waals surface area (Å²) in [6, 6.07) is 16.1. The largest absolute Gasteiger partial charge is 0.444 e. The molecule has 3 fully saturated rings. The first kappa shape index (κ1) is 31.1. The summed E-state index contributed by atoms with van der Waals surface area (Å²) in [5.41, 5.74) is 1.29. The predicted molar refractivity (Wildman–Crippen MR) is 169 cm³/mol. The van der Waals surface area contributed by atoms with Crippen LogP contribution in [0.5, 0.6) is 0 Å². The summed E-state index contributed by atoms with van der Waals surface area (Å²) in [4.78, 5) is 34.7. The minimum absolute atomic E-state index is 0.0945. The maximum absolute atomic E-state index is 13.4. The quantitative estimate of drug-likeness (QED) is 0.372. The molecule has 0 aliphatic carbocycles. The van der Waals surface area contributed by atoms with E-state index in [0.717, 1.165) is 83.6 Å². The Hall–Kier alpha value is -2.32. The minimum atomic E-state index is -0.464. The van der Waals surface area contributed by atoms with E-state index < -0.39 is 5.60 Å². The number of rotatable bonds is 7. The molecule has 1 unspecified atom stereocenters. The molecule has 5 rings (SSSR count). The highest BCUT2D eigenvalue weighted by atomic mass is 35.5. The lowest BCUT2D eigenvalue weighted by Gasteiger charge is -2.49. The molecule has 0 spiro atoms. The van der Waals surface area contributed by atoms with Crippen molar-refractivity contribution in [1.29, 1.82) is 0 Å². The normalized spacial score (nSPS) is 22.6. The molecular formula is C33H44Cl2N4O3. The number of likely N-dealkylation sites (tertiary alicyclic amines) is 2. The van der Waals surface area contributed by atoms with Gasteiger partial charge < -0.3 is 19.4 Å². The van der Waals surface area contributed by atoms with Gasteiger partial charge in [-0.05, 0) is 82.8 Å². The Labute approximate surface area is 260 Å². The summed E-state index contributed by atoms with van der Waals surface area (Å²) in [7, 11) is 0. The number of nitrogens with zero attached hydrogens (tertiary/aromatic N) is 4. The Morgan fingerprint density at radius 3 is 2.31 bits per heavy atom. The topological polar surface area (TPSA) is 56.3 Å². The van der Waals surface area contributed by atoms with Crippen LogP contribution in [0.4, 0.5) is 4.79 Å². The van der Waals surface area contributed by atoms with Gasteiger partial charge in [-0.2, -0.15) is 0 Å². The number of benzene rings is 2. The molecule has 1 atom stereocenters. The third kappa shape index (κ3) is 7.42. The number of carbonyl (C=O) groups excluding carboxylic acids is 2. The highest BCUT2D eigenvalue weighted by molar-refractivity contribution is 6.42. The minimum Gasteiger partial charge on any atom is -0.444 e. The predicted octanol–water partition coefficient (Wildman–Crippen LogP) is 6.18. The van der Waals surface area contributed by atoms with Crippen LogP contribution in [0.2, 0.25) is 10.0 Å². The van der Waals surface area contributed by atoms with Crippen LogP contribution in [0.3, 0.4) is 0 Å². The molecule has 9 heteroatoms. The fourth-order valence-electron chi connectivity index (χ4n) is 6.67. The van der Waals surface area contributed by atoms with Gasteiger partial charge in [0.25, 0.3) is 5.91 Å². The van der Waals surface area contributed by atoms with Crippen LogP contribution in [0.1, 0.15) is 62.4 Å². The van der Waals surface area contributed by atoms with Gasteiger partial charge in [0.2, 0.25) is 0 Å². The van der Waals surface area contributed by atoms with Crippen molar-refractivity contribution >= 4 is 35.2 Å². The molecule has 3 aliphatic heterocycles. The number of halogens is 2. The Balaban J connectivity index is 1.15. The zero-order valence-electron chi connectivity index (χ0n) is 25.2. The molecule has 0 bridgehead atoms. The molecule has 3 heterocycles. The second-order valence-electron chi connectivity index (χ2n) is 13.1. The molecule has 7 nitrogen and oxygen atoms in total. The maximum Gasteiger partial charge on any atom is 0.410 e. The van der Waals surface area contributed by atoms with Crippen molar-refractivity contribution in [2.45, 2.75) is 63.5 Å². The van der Waals surface area contributed by atoms with E-state index in [1.54, 1.807) is 0 Å². The molecule has 2 aromatic carbocycles. The number of carbonyl (C=O) groups is 2. The molecule has 42 heavy (non-hydrogen) atoms. The lowest BCUT2D eigenvalue weighted by atomic mass is 9.70. The smallest absolute Gasteiger partial charge is 0.410 e. The van der Waals surface area contributed by atoms with E-state index in [-0.39, 0.29) is 17.4 Å². The van der Waals surface area contributed by atoms with Crippen LogP contribution in [0.25, 0.3) is 0 Å². The first-order valence-corrected chi connectivity index (χ1v) is 16.0. The van der Waals surface area contributed by atoms with Gasteiger partial charge >= 0.3 is 6.09 Å². The standard InChI is InChI=1S/C33H44Cl2N4O3/c1-32(2,3)42-31(41)38-19-17-37(18-20-38)27-22-36(23-27)15-7-13-33(26-11-12-28(34)29(35)21-26)14-8-16-39(24-33)30(40)25-9-5-4-6-10-25/h4-6,9-12,21,27H,7-8,13-20,22-24H2,1-3H3. The van der Waals surface area contributed by atoms with Crippen molar-refractivity contribution < 1.29 is 14.3 Å². The summed E-state index contributed by atoms with van der Waals surface area (Å²) in [5, 5.41) is 1.12. The maximum atomic E-state index is 13.4. The van der Waals surface area contributed by atoms with Crippen molar-refractivity contribution in [2.24, 2.45) is 0 Å². The number of piperidine rings is 1. The molecule has 0 N–H and O–H groups in total. The van der Waals surface area contributed by atoms with Crippen LogP contribution in [0.15, 0.2) is 48.5 Å². The molecule has 2 aromatic rings. The second-order valence-corrected chi connectivity index (χ2v) is 13.9. The zero-order valence-corrected chi connectivity index (χ0v) is 26.7. The molecule has 0 saturated carbocycles. The van der Waals surface area contributed by atoms with Gasteiger partial charge in [0.15, 0.2) is 0 Å². The van der Waals surface area contributed by atoms with Gasteiger partial charge in [-0.3, -0.25) is 9.69 Å². The zero-order chi connectivity index (χ0) is 29.9. The average molecular weight is 616 g/mol. The van der Waals surface area contributed by atoms with Crippen LogP contribution in [0, 0.1) is 0 Å². The van der Waals surface area contributed by atoms with Gasteiger partial charge in [0.1, 0.15) is 5.60 Å². The Morgan fingerprint density at radius 2 is 1.64 bits per heavy atom. The van der Waals surface area contributed by atoms with E-state index >= 15 is 0 Å². The van der Waals surface area contributed by atoms with Crippen molar-refractivity contribution in [3.05, 3.63) is 69.7 Å². The van der Waals surface area contributed by atoms with Crippen LogP contribution >= 0.6 is 23.2 Å². The fraction of sp³-hybridized carbons (Fsp3) is 0.576. The van der Waals surface area contributed by atoms with Crippen molar-refractivity contribution in [1.82, 2.24) is 19.6 Å². The van der Waals surface area contributed by atoms with E-state index in [2.05, 4.69) is 15.9 Å². The number of ether oxygens (including phenoxy) is 1. The van der Waals surface area contributed by atoms with E-state index in [1.807, 2.05) is 73.0 Å². The average Bonchev–Trinajstić information content (AvgIpc) is 2.95. The van der Waals surface area contributed by atoms with Crippen LogP contribution in [-0.4, -0.2) is 102 Å². The first-order chi connectivity index (χ1) is 20.0. The Kier molecular flexibility index (Phi) is 9.73. The molecule has 3 saturated heterocycles. The van der Waals surface area contributed by atoms with Gasteiger partial charge in [0, 0.05) is 69.4 Å². The van der Waals surface area contributed by atoms with Gasteiger partial charge in [-0.25, -0.2) is 4.79 Å². The lowest BCUT2D eigenvalue weighted by Crippen LogP contribution is -2.63. The Morgan fingerprint density at radius 1 is 0.929 bits per heavy atom. The molecular weight excluding hydrogens is 571 g/mol. The first-order valence-electron chi connectivity index (χ1n) is 15.3. The summed E-state index contributed by atoms with van der Waals surface area (Å²) in [6.45, 7) is 13.6. The summed E-state index contributed by atoms with van der Waals surface area (Å²) < 4.78 is 5.54. The fourth-order valence-corrected chi connectivity index (χ4v) is 6.97. The Bertz CT molecular complexity index is 1240. The number of hydrogen-bond donors (Lipinski definition) is 0. The molecule has 0 aromatic heterocycles. The highest BCUT2D eigenvalue weighted by Crippen LogP contribution is 2.41. The van der Waals surface area contributed by atoms with Gasteiger partial charge in [-0.15, -0.1) is 0 Å². The summed E-state index contributed by atoms with van der Waals surface area (Å²) in [5.74, 6) is 0.0945. The molecule has 228 valence electrons.